The van der Waals surface area contributed by atoms with Gasteiger partial charge in [0.05, 0.1) is 15.5 Å². The van der Waals surface area contributed by atoms with Crippen molar-refractivity contribution < 1.29 is 13.3 Å². The number of nitro groups is 1. The lowest BCUT2D eigenvalue weighted by atomic mass is 10.3. The Kier molecular flexibility index (Phi) is 6.32. The van der Waals surface area contributed by atoms with Gasteiger partial charge in [-0.05, 0) is 44.2 Å². The Morgan fingerprint density at radius 1 is 1.13 bits per heavy atom. The van der Waals surface area contributed by atoms with E-state index >= 15 is 0 Å². The Morgan fingerprint density at radius 2 is 1.77 bits per heavy atom. The van der Waals surface area contributed by atoms with Crippen molar-refractivity contribution >= 4 is 27.2 Å². The van der Waals surface area contributed by atoms with Crippen molar-refractivity contribution in [1.29, 1.82) is 0 Å². The lowest BCUT2D eigenvalue weighted by molar-refractivity contribution is -0.384. The van der Waals surface area contributed by atoms with Crippen molar-refractivity contribution in [1.82, 2.24) is 24.1 Å². The molecular weight excluding hydrogens is 422 g/mol. The maximum absolute atomic E-state index is 12.6. The summed E-state index contributed by atoms with van der Waals surface area (Å²) in [4.78, 5) is 19.4. The van der Waals surface area contributed by atoms with Crippen molar-refractivity contribution in [3.05, 3.63) is 58.2 Å². The zero-order valence-electron chi connectivity index (χ0n) is 17.6. The van der Waals surface area contributed by atoms with Gasteiger partial charge in [0.15, 0.2) is 0 Å². The number of rotatable bonds is 8. The molecular formula is C19H23N7O4S. The lowest BCUT2D eigenvalue weighted by Gasteiger charge is -2.18. The highest BCUT2D eigenvalue weighted by atomic mass is 32.2. The highest BCUT2D eigenvalue weighted by molar-refractivity contribution is 7.89. The maximum Gasteiger partial charge on any atom is 0.355 e. The van der Waals surface area contributed by atoms with Gasteiger partial charge in [-0.1, -0.05) is 13.8 Å². The molecule has 0 unspecified atom stereocenters. The molecule has 3 rings (SSSR count). The Balaban J connectivity index is 1.97. The normalized spacial score (nSPS) is 11.6. The van der Waals surface area contributed by atoms with Crippen molar-refractivity contribution in [3.8, 4) is 5.82 Å². The minimum atomic E-state index is -3.60. The van der Waals surface area contributed by atoms with E-state index in [4.69, 9.17) is 0 Å². The Hall–Kier alpha value is -3.38. The van der Waals surface area contributed by atoms with Gasteiger partial charge in [0.2, 0.25) is 21.7 Å². The number of sulfonamides is 1. The molecule has 0 spiro atoms. The third-order valence-electron chi connectivity index (χ3n) is 4.66. The van der Waals surface area contributed by atoms with Crippen LogP contribution in [0.5, 0.6) is 0 Å². The molecule has 0 atom stereocenters. The molecule has 0 bridgehead atoms. The minimum Gasteiger partial charge on any atom is -0.334 e. The summed E-state index contributed by atoms with van der Waals surface area (Å²) in [5, 5.41) is 19.0. The van der Waals surface area contributed by atoms with Gasteiger partial charge in [-0.3, -0.25) is 10.1 Å². The second kappa shape index (κ2) is 8.78. The molecule has 1 N–H and O–H groups in total. The average Bonchev–Trinajstić information content (AvgIpc) is 3.06. The second-order valence-electron chi connectivity index (χ2n) is 6.73. The topological polar surface area (TPSA) is 136 Å². The molecule has 0 aliphatic carbocycles. The number of benzene rings is 1. The van der Waals surface area contributed by atoms with Gasteiger partial charge in [0.1, 0.15) is 6.33 Å². The lowest BCUT2D eigenvalue weighted by Crippen LogP contribution is -2.30. The highest BCUT2D eigenvalue weighted by Gasteiger charge is 2.26. The Morgan fingerprint density at radius 3 is 2.29 bits per heavy atom. The summed E-state index contributed by atoms with van der Waals surface area (Å²) < 4.78 is 28.0. The van der Waals surface area contributed by atoms with E-state index in [0.29, 0.717) is 30.2 Å². The number of hydrogen-bond donors (Lipinski definition) is 1. The summed E-state index contributed by atoms with van der Waals surface area (Å²) in [5.41, 5.74) is 1.49. The summed E-state index contributed by atoms with van der Waals surface area (Å²) in [6.45, 7) is 7.82. The molecule has 31 heavy (non-hydrogen) atoms. The van der Waals surface area contributed by atoms with Crippen LogP contribution in [0, 0.1) is 24.0 Å². The van der Waals surface area contributed by atoms with E-state index in [0.717, 1.165) is 0 Å². The van der Waals surface area contributed by atoms with E-state index in [9.17, 15) is 18.5 Å². The summed E-state index contributed by atoms with van der Waals surface area (Å²) in [6.07, 6.45) is 1.21. The molecule has 2 heterocycles. The zero-order valence-corrected chi connectivity index (χ0v) is 18.4. The largest absolute Gasteiger partial charge is 0.355 e. The smallest absolute Gasteiger partial charge is 0.334 e. The predicted molar refractivity (Wildman–Crippen MR) is 115 cm³/mol. The maximum atomic E-state index is 12.6. The summed E-state index contributed by atoms with van der Waals surface area (Å²) in [5.74, 6) is 0.00994. The van der Waals surface area contributed by atoms with Crippen LogP contribution >= 0.6 is 0 Å². The average molecular weight is 446 g/mol. The van der Waals surface area contributed by atoms with Crippen LogP contribution in [0.2, 0.25) is 0 Å². The zero-order chi connectivity index (χ0) is 22.8. The molecule has 0 fully saturated rings. The van der Waals surface area contributed by atoms with Crippen LogP contribution in [0.25, 0.3) is 5.82 Å². The SMILES string of the molecule is CCN(CC)S(=O)(=O)c1ccc(Nc2ncnc(-n3nc(C)cc3C)c2[N+](=O)[O-])cc1. The molecule has 164 valence electrons. The van der Waals surface area contributed by atoms with E-state index in [1.165, 1.54) is 39.6 Å². The number of nitrogens with zero attached hydrogens (tertiary/aromatic N) is 6. The third-order valence-corrected chi connectivity index (χ3v) is 6.72. The number of aromatic nitrogens is 4. The fourth-order valence-electron chi connectivity index (χ4n) is 3.19. The quantitative estimate of drug-likeness (QED) is 0.413. The Bertz CT molecular complexity index is 1200. The third kappa shape index (κ3) is 4.39. The van der Waals surface area contributed by atoms with Gasteiger partial charge in [-0.25, -0.2) is 23.1 Å². The Labute approximate surface area is 180 Å². The van der Waals surface area contributed by atoms with Gasteiger partial charge in [0, 0.05) is 24.5 Å². The van der Waals surface area contributed by atoms with Crippen molar-refractivity contribution in [2.45, 2.75) is 32.6 Å². The monoisotopic (exact) mass is 445 g/mol. The first-order chi connectivity index (χ1) is 14.7. The van der Waals surface area contributed by atoms with Gasteiger partial charge in [-0.2, -0.15) is 9.40 Å². The molecule has 1 aromatic carbocycles. The van der Waals surface area contributed by atoms with Crippen LogP contribution in [-0.2, 0) is 10.0 Å². The van der Waals surface area contributed by atoms with Gasteiger partial charge in [-0.15, -0.1) is 0 Å². The van der Waals surface area contributed by atoms with Crippen LogP contribution in [0.15, 0.2) is 41.6 Å². The molecule has 11 nitrogen and oxygen atoms in total. The summed E-state index contributed by atoms with van der Waals surface area (Å²) in [7, 11) is -3.60. The fraction of sp³-hybridized carbons (Fsp3) is 0.316. The minimum absolute atomic E-state index is 0.0260. The van der Waals surface area contributed by atoms with E-state index in [1.54, 1.807) is 33.8 Å². The molecule has 2 aromatic heterocycles. The molecule has 0 radical (unpaired) electrons. The summed E-state index contributed by atoms with van der Waals surface area (Å²) >= 11 is 0. The first-order valence-electron chi connectivity index (χ1n) is 9.59. The highest BCUT2D eigenvalue weighted by Crippen LogP contribution is 2.31. The van der Waals surface area contributed by atoms with E-state index in [2.05, 4.69) is 20.4 Å². The number of aryl methyl sites for hydroxylation is 2. The summed E-state index contributed by atoms with van der Waals surface area (Å²) in [6, 6.07) is 7.75. The first-order valence-corrected chi connectivity index (χ1v) is 11.0. The number of nitrogens with one attached hydrogen (secondary N) is 1. The van der Waals surface area contributed by atoms with Gasteiger partial charge < -0.3 is 5.32 Å². The fourth-order valence-corrected chi connectivity index (χ4v) is 4.64. The first kappa shape index (κ1) is 22.3. The van der Waals surface area contributed by atoms with E-state index < -0.39 is 14.9 Å². The van der Waals surface area contributed by atoms with Gasteiger partial charge in [0.25, 0.3) is 0 Å². The van der Waals surface area contributed by atoms with Gasteiger partial charge >= 0.3 is 5.69 Å². The second-order valence-corrected chi connectivity index (χ2v) is 8.67. The molecule has 0 saturated carbocycles. The van der Waals surface area contributed by atoms with E-state index in [1.807, 2.05) is 0 Å². The molecule has 0 saturated heterocycles. The standard InChI is InChI=1S/C19H23N7O4S/c1-5-24(6-2)31(29,30)16-9-7-15(8-10-16)22-18-17(26(27)28)19(21-12-20-18)25-14(4)11-13(3)23-25/h7-12H,5-6H2,1-4H3,(H,20,21,22). The van der Waals surface area contributed by atoms with Crippen LogP contribution < -0.4 is 5.32 Å². The van der Waals surface area contributed by atoms with Crippen molar-refractivity contribution in [2.24, 2.45) is 0 Å². The molecule has 0 amide bonds. The van der Waals surface area contributed by atoms with Crippen LogP contribution in [0.1, 0.15) is 25.2 Å². The van der Waals surface area contributed by atoms with Crippen molar-refractivity contribution in [3.63, 3.8) is 0 Å². The number of anilines is 2. The van der Waals surface area contributed by atoms with Crippen molar-refractivity contribution in [2.75, 3.05) is 18.4 Å². The van der Waals surface area contributed by atoms with Crippen LogP contribution in [0.4, 0.5) is 17.2 Å². The molecule has 0 aliphatic heterocycles. The van der Waals surface area contributed by atoms with Crippen LogP contribution in [0.3, 0.4) is 0 Å². The molecule has 12 heteroatoms. The molecule has 0 aliphatic rings. The van der Waals surface area contributed by atoms with E-state index in [-0.39, 0.29) is 22.2 Å². The predicted octanol–water partition coefficient (Wildman–Crippen LogP) is 2.96. The number of hydrogen-bond acceptors (Lipinski definition) is 8. The molecule has 3 aromatic rings. The van der Waals surface area contributed by atoms with Crippen LogP contribution in [-0.4, -0.2) is 50.5 Å².